The zero-order chi connectivity index (χ0) is 20.9. The van der Waals surface area contributed by atoms with Crippen LogP contribution in [0.5, 0.6) is 0 Å². The van der Waals surface area contributed by atoms with Crippen LogP contribution in [0, 0.1) is 0 Å². The Balaban J connectivity index is 1.75. The summed E-state index contributed by atoms with van der Waals surface area (Å²) in [6.45, 7) is 0.551. The lowest BCUT2D eigenvalue weighted by Crippen LogP contribution is -2.32. The van der Waals surface area contributed by atoms with E-state index in [0.29, 0.717) is 17.7 Å². The van der Waals surface area contributed by atoms with Gasteiger partial charge in [-0.25, -0.2) is 14.8 Å². The van der Waals surface area contributed by atoms with Crippen molar-refractivity contribution in [3.05, 3.63) is 100 Å². The van der Waals surface area contributed by atoms with E-state index >= 15 is 0 Å². The summed E-state index contributed by atoms with van der Waals surface area (Å²) in [4.78, 5) is 38.4. The molecule has 0 bridgehead atoms. The minimum Gasteiger partial charge on any atom is -0.477 e. The molecule has 0 saturated carbocycles. The van der Waals surface area contributed by atoms with Crippen molar-refractivity contribution in [1.29, 1.82) is 0 Å². The van der Waals surface area contributed by atoms with Gasteiger partial charge in [-0.05, 0) is 17.2 Å². The van der Waals surface area contributed by atoms with Crippen molar-refractivity contribution in [2.24, 2.45) is 0 Å². The second-order valence-electron chi connectivity index (χ2n) is 6.52. The summed E-state index contributed by atoms with van der Waals surface area (Å²) in [5.74, 6) is -0.944. The number of aromatic carboxylic acids is 1. The molecule has 4 aromatic rings. The fraction of sp³-hybridized carbons (Fsp3) is 0.0909. The van der Waals surface area contributed by atoms with E-state index in [4.69, 9.17) is 4.84 Å². The van der Waals surface area contributed by atoms with E-state index in [1.165, 1.54) is 12.4 Å². The summed E-state index contributed by atoms with van der Waals surface area (Å²) in [7, 11) is 0. The highest BCUT2D eigenvalue weighted by Crippen LogP contribution is 2.20. The van der Waals surface area contributed by atoms with E-state index in [-0.39, 0.29) is 12.3 Å². The highest BCUT2D eigenvalue weighted by Gasteiger charge is 2.19. The number of carboxylic acid groups (broad SMARTS) is 1. The molecule has 2 aromatic carbocycles. The van der Waals surface area contributed by atoms with Crippen LogP contribution in [0.25, 0.3) is 11.0 Å². The number of nitrogens with one attached hydrogen (secondary N) is 1. The minimum absolute atomic E-state index is 0.0791. The SMILES string of the molecule is O=C(O)c1cc2c(NCc3ccccc3)ncnc2n(OCc2ccccc2)c1=O. The number of carboxylic acids is 1. The molecule has 0 spiro atoms. The van der Waals surface area contributed by atoms with Gasteiger partial charge in [-0.2, -0.15) is 0 Å². The molecule has 0 radical (unpaired) electrons. The maximum absolute atomic E-state index is 12.7. The number of aromatic nitrogens is 3. The summed E-state index contributed by atoms with van der Waals surface area (Å²) in [5, 5.41) is 13.1. The average Bonchev–Trinajstić information content (AvgIpc) is 2.78. The largest absolute Gasteiger partial charge is 0.477 e. The van der Waals surface area contributed by atoms with Crippen LogP contribution in [0.3, 0.4) is 0 Å². The molecule has 0 unspecified atom stereocenters. The molecule has 0 amide bonds. The van der Waals surface area contributed by atoms with E-state index in [1.54, 1.807) is 0 Å². The Morgan fingerprint density at radius 2 is 1.67 bits per heavy atom. The van der Waals surface area contributed by atoms with Gasteiger partial charge in [0.05, 0.1) is 5.39 Å². The quantitative estimate of drug-likeness (QED) is 0.489. The number of hydrogen-bond acceptors (Lipinski definition) is 6. The van der Waals surface area contributed by atoms with Crippen molar-refractivity contribution < 1.29 is 14.7 Å². The zero-order valence-corrected chi connectivity index (χ0v) is 15.9. The predicted octanol–water partition coefficient (Wildman–Crippen LogP) is 2.73. The molecule has 0 saturated heterocycles. The lowest BCUT2D eigenvalue weighted by Gasteiger charge is -2.14. The number of carbonyl (C=O) groups is 1. The topological polar surface area (TPSA) is 106 Å². The van der Waals surface area contributed by atoms with Crippen molar-refractivity contribution in [2.75, 3.05) is 5.32 Å². The third-order valence-corrected chi connectivity index (χ3v) is 4.50. The van der Waals surface area contributed by atoms with Crippen LogP contribution < -0.4 is 15.7 Å². The zero-order valence-electron chi connectivity index (χ0n) is 15.9. The van der Waals surface area contributed by atoms with E-state index in [0.717, 1.165) is 15.9 Å². The van der Waals surface area contributed by atoms with Crippen molar-refractivity contribution >= 4 is 22.8 Å². The number of pyridine rings is 1. The molecule has 0 aliphatic rings. The van der Waals surface area contributed by atoms with Gasteiger partial charge >= 0.3 is 5.97 Å². The lowest BCUT2D eigenvalue weighted by atomic mass is 10.2. The van der Waals surface area contributed by atoms with Gasteiger partial charge in [-0.1, -0.05) is 60.7 Å². The fourth-order valence-corrected chi connectivity index (χ4v) is 3.00. The molecule has 4 rings (SSSR count). The van der Waals surface area contributed by atoms with Crippen LogP contribution in [0.4, 0.5) is 5.82 Å². The molecular weight excluding hydrogens is 384 g/mol. The van der Waals surface area contributed by atoms with Crippen LogP contribution in [0.2, 0.25) is 0 Å². The van der Waals surface area contributed by atoms with Crippen molar-refractivity contribution in [3.63, 3.8) is 0 Å². The first-order valence-corrected chi connectivity index (χ1v) is 9.22. The molecule has 150 valence electrons. The third kappa shape index (κ3) is 3.97. The van der Waals surface area contributed by atoms with Gasteiger partial charge in [0, 0.05) is 6.54 Å². The highest BCUT2D eigenvalue weighted by atomic mass is 16.7. The monoisotopic (exact) mass is 402 g/mol. The molecule has 30 heavy (non-hydrogen) atoms. The number of benzene rings is 2. The molecule has 8 nitrogen and oxygen atoms in total. The predicted molar refractivity (Wildman–Crippen MR) is 111 cm³/mol. The first-order chi connectivity index (χ1) is 14.6. The number of fused-ring (bicyclic) bond motifs is 1. The summed E-state index contributed by atoms with van der Waals surface area (Å²) < 4.78 is 0.918. The fourth-order valence-electron chi connectivity index (χ4n) is 3.00. The molecule has 2 N–H and O–H groups in total. The highest BCUT2D eigenvalue weighted by molar-refractivity contribution is 5.95. The third-order valence-electron chi connectivity index (χ3n) is 4.50. The Morgan fingerprint density at radius 1 is 1.00 bits per heavy atom. The van der Waals surface area contributed by atoms with Crippen LogP contribution >= 0.6 is 0 Å². The van der Waals surface area contributed by atoms with Crippen molar-refractivity contribution in [3.8, 4) is 0 Å². The van der Waals surface area contributed by atoms with E-state index in [1.807, 2.05) is 60.7 Å². The van der Waals surface area contributed by atoms with Gasteiger partial charge in [-0.3, -0.25) is 4.79 Å². The van der Waals surface area contributed by atoms with Gasteiger partial charge in [0.2, 0.25) is 0 Å². The van der Waals surface area contributed by atoms with Crippen LogP contribution in [0.1, 0.15) is 21.5 Å². The number of hydrogen-bond donors (Lipinski definition) is 2. The molecule has 0 fully saturated rings. The molecular formula is C22H18N4O4. The summed E-state index contributed by atoms with van der Waals surface area (Å²) in [5.41, 5.74) is 0.824. The minimum atomic E-state index is -1.35. The van der Waals surface area contributed by atoms with Crippen molar-refractivity contribution in [2.45, 2.75) is 13.2 Å². The second-order valence-corrected chi connectivity index (χ2v) is 6.52. The Morgan fingerprint density at radius 3 is 2.33 bits per heavy atom. The summed E-state index contributed by atoms with van der Waals surface area (Å²) >= 11 is 0. The Labute approximate surface area is 171 Å². The normalized spacial score (nSPS) is 10.7. The molecule has 8 heteroatoms. The lowest BCUT2D eigenvalue weighted by molar-refractivity contribution is 0.0677. The second kappa shape index (κ2) is 8.44. The maximum Gasteiger partial charge on any atom is 0.341 e. The smallest absolute Gasteiger partial charge is 0.341 e. The van der Waals surface area contributed by atoms with Crippen LogP contribution in [0.15, 0.2) is 77.9 Å². The van der Waals surface area contributed by atoms with Crippen LogP contribution in [-0.2, 0) is 13.2 Å². The molecule has 2 heterocycles. The van der Waals surface area contributed by atoms with Gasteiger partial charge in [-0.15, -0.1) is 4.73 Å². The van der Waals surface area contributed by atoms with E-state index in [9.17, 15) is 14.7 Å². The van der Waals surface area contributed by atoms with Gasteiger partial charge in [0.25, 0.3) is 5.56 Å². The summed E-state index contributed by atoms with van der Waals surface area (Å²) in [6.07, 6.45) is 1.30. The number of nitrogens with zero attached hydrogens (tertiary/aromatic N) is 3. The molecule has 0 aliphatic carbocycles. The number of anilines is 1. The Hall–Kier alpha value is -4.20. The molecule has 0 atom stereocenters. The molecule has 2 aromatic heterocycles. The molecule has 0 aliphatic heterocycles. The maximum atomic E-state index is 12.7. The van der Waals surface area contributed by atoms with E-state index in [2.05, 4.69) is 15.3 Å². The van der Waals surface area contributed by atoms with Crippen LogP contribution in [-0.4, -0.2) is 25.8 Å². The first kappa shape index (κ1) is 19.1. The summed E-state index contributed by atoms with van der Waals surface area (Å²) in [6, 6.07) is 20.2. The standard InChI is InChI=1S/C22H18N4O4/c27-21-18(22(28)29)11-17-19(23-12-15-7-3-1-4-8-15)24-14-25-20(17)26(21)30-13-16-9-5-2-6-10-16/h1-11,14H,12-13H2,(H,28,29)(H,23,24,25). The Bertz CT molecular complexity index is 1240. The van der Waals surface area contributed by atoms with Crippen molar-refractivity contribution in [1.82, 2.24) is 14.7 Å². The van der Waals surface area contributed by atoms with Gasteiger partial charge < -0.3 is 15.3 Å². The van der Waals surface area contributed by atoms with Gasteiger partial charge in [0.1, 0.15) is 24.3 Å². The average molecular weight is 402 g/mol. The van der Waals surface area contributed by atoms with Gasteiger partial charge in [0.15, 0.2) is 5.65 Å². The Kier molecular flexibility index (Phi) is 5.38. The van der Waals surface area contributed by atoms with E-state index < -0.39 is 17.1 Å². The number of rotatable bonds is 7. The first-order valence-electron chi connectivity index (χ1n) is 9.22.